The summed E-state index contributed by atoms with van der Waals surface area (Å²) in [6.45, 7) is 19.5. The van der Waals surface area contributed by atoms with E-state index in [-0.39, 0.29) is 0 Å². The van der Waals surface area contributed by atoms with Gasteiger partial charge in [-0.1, -0.05) is 87.5 Å². The van der Waals surface area contributed by atoms with Gasteiger partial charge in [0.25, 0.3) is 0 Å². The molecule has 0 aliphatic rings. The molecule has 0 N–H and O–H groups in total. The van der Waals surface area contributed by atoms with Crippen molar-refractivity contribution in [2.45, 2.75) is 93.9 Å². The molecule has 4 atom stereocenters. The van der Waals surface area contributed by atoms with Gasteiger partial charge in [0, 0.05) is 0 Å². The van der Waals surface area contributed by atoms with Crippen molar-refractivity contribution in [3.05, 3.63) is 0 Å². The first-order valence-corrected chi connectivity index (χ1v) is 8.88. The quantitative estimate of drug-likeness (QED) is 0.402. The van der Waals surface area contributed by atoms with Crippen LogP contribution in [-0.4, -0.2) is 0 Å². The topological polar surface area (TPSA) is 0 Å². The van der Waals surface area contributed by atoms with Gasteiger partial charge in [0.05, 0.1) is 0 Å². The van der Waals surface area contributed by atoms with E-state index >= 15 is 0 Å². The third-order valence-electron chi connectivity index (χ3n) is 5.83. The second kappa shape index (κ2) is 9.03. The molecule has 116 valence electrons. The van der Waals surface area contributed by atoms with Crippen LogP contribution in [0.25, 0.3) is 0 Å². The lowest BCUT2D eigenvalue weighted by atomic mass is 9.57. The van der Waals surface area contributed by atoms with Gasteiger partial charge in [0.2, 0.25) is 0 Å². The second-order valence-electron chi connectivity index (χ2n) is 7.26. The maximum absolute atomic E-state index is 2.59. The van der Waals surface area contributed by atoms with Gasteiger partial charge < -0.3 is 0 Å². The van der Waals surface area contributed by atoms with Crippen LogP contribution < -0.4 is 0 Å². The Balaban J connectivity index is 5.24. The van der Waals surface area contributed by atoms with Crippen molar-refractivity contribution in [2.24, 2.45) is 29.1 Å². The van der Waals surface area contributed by atoms with Crippen LogP contribution in [-0.2, 0) is 0 Å². The molecule has 0 aliphatic heterocycles. The van der Waals surface area contributed by atoms with E-state index in [0.29, 0.717) is 5.41 Å². The van der Waals surface area contributed by atoms with E-state index in [1.165, 1.54) is 38.5 Å². The lowest BCUT2D eigenvalue weighted by Gasteiger charge is -2.48. The smallest absolute Gasteiger partial charge is 0.0267 e. The van der Waals surface area contributed by atoms with Crippen LogP contribution in [0.1, 0.15) is 93.9 Å². The van der Waals surface area contributed by atoms with Crippen LogP contribution in [0.3, 0.4) is 0 Å². The summed E-state index contributed by atoms with van der Waals surface area (Å²) in [7, 11) is 0. The average Bonchev–Trinajstić information content (AvgIpc) is 2.38. The molecule has 0 bridgehead atoms. The fourth-order valence-electron chi connectivity index (χ4n) is 4.57. The van der Waals surface area contributed by atoms with Gasteiger partial charge in [0.15, 0.2) is 0 Å². The highest BCUT2D eigenvalue weighted by molar-refractivity contribution is 4.91. The summed E-state index contributed by atoms with van der Waals surface area (Å²) in [5, 5.41) is 0. The van der Waals surface area contributed by atoms with Gasteiger partial charge in [0.1, 0.15) is 0 Å². The maximum atomic E-state index is 2.59. The first-order chi connectivity index (χ1) is 8.88. The van der Waals surface area contributed by atoms with E-state index in [9.17, 15) is 0 Å². The molecule has 0 aromatic heterocycles. The summed E-state index contributed by atoms with van der Waals surface area (Å²) in [5.41, 5.74) is 0.521. The fraction of sp³-hybridized carbons (Fsp3) is 1.00. The minimum absolute atomic E-state index is 0.521. The van der Waals surface area contributed by atoms with Gasteiger partial charge in [-0.15, -0.1) is 0 Å². The Morgan fingerprint density at radius 3 is 1.79 bits per heavy atom. The summed E-state index contributed by atoms with van der Waals surface area (Å²) in [6.07, 6.45) is 8.18. The largest absolute Gasteiger partial charge is 0.0654 e. The standard InChI is InChI=1S/C19H40/c1-9-13-14-17(11-3)19(8,12-4)18(15(5)6)16(7)10-2/h15-18H,9-14H2,1-8H3. The second-order valence-corrected chi connectivity index (χ2v) is 7.26. The Labute approximate surface area is 123 Å². The Kier molecular flexibility index (Phi) is 9.03. The molecule has 0 amide bonds. The van der Waals surface area contributed by atoms with E-state index in [0.717, 1.165) is 23.7 Å². The molecule has 0 radical (unpaired) electrons. The highest BCUT2D eigenvalue weighted by atomic mass is 14.5. The van der Waals surface area contributed by atoms with Crippen LogP contribution in [0.4, 0.5) is 0 Å². The molecular weight excluding hydrogens is 228 g/mol. The van der Waals surface area contributed by atoms with Crippen LogP contribution in [0.15, 0.2) is 0 Å². The summed E-state index contributed by atoms with van der Waals surface area (Å²) in [6, 6.07) is 0. The molecule has 4 unspecified atom stereocenters. The Morgan fingerprint density at radius 1 is 0.895 bits per heavy atom. The first kappa shape index (κ1) is 19.0. The Hall–Kier alpha value is 0. The minimum atomic E-state index is 0.521. The summed E-state index contributed by atoms with van der Waals surface area (Å²) in [5.74, 6) is 3.42. The summed E-state index contributed by atoms with van der Waals surface area (Å²) >= 11 is 0. The Bertz CT molecular complexity index is 218. The van der Waals surface area contributed by atoms with Gasteiger partial charge in [-0.2, -0.15) is 0 Å². The SMILES string of the molecule is CCCCC(CC)C(C)(CC)C(C(C)C)C(C)CC. The van der Waals surface area contributed by atoms with Crippen LogP contribution in [0, 0.1) is 29.1 Å². The first-order valence-electron chi connectivity index (χ1n) is 8.88. The number of hydrogen-bond donors (Lipinski definition) is 0. The highest BCUT2D eigenvalue weighted by Crippen LogP contribution is 2.49. The summed E-state index contributed by atoms with van der Waals surface area (Å²) in [4.78, 5) is 0. The zero-order valence-corrected chi connectivity index (χ0v) is 15.1. The monoisotopic (exact) mass is 268 g/mol. The number of rotatable bonds is 10. The molecule has 0 spiro atoms. The van der Waals surface area contributed by atoms with Crippen molar-refractivity contribution < 1.29 is 0 Å². The van der Waals surface area contributed by atoms with Crippen molar-refractivity contribution >= 4 is 0 Å². The predicted octanol–water partition coefficient (Wildman–Crippen LogP) is 6.94. The van der Waals surface area contributed by atoms with Crippen molar-refractivity contribution in [1.82, 2.24) is 0 Å². The van der Waals surface area contributed by atoms with E-state index < -0.39 is 0 Å². The molecule has 0 aliphatic carbocycles. The zero-order valence-electron chi connectivity index (χ0n) is 15.1. The van der Waals surface area contributed by atoms with Gasteiger partial charge >= 0.3 is 0 Å². The van der Waals surface area contributed by atoms with Crippen molar-refractivity contribution in [2.75, 3.05) is 0 Å². The molecule has 0 nitrogen and oxygen atoms in total. The molecule has 0 saturated carbocycles. The lowest BCUT2D eigenvalue weighted by Crippen LogP contribution is -2.41. The lowest BCUT2D eigenvalue weighted by molar-refractivity contribution is 0.00832. The van der Waals surface area contributed by atoms with Crippen LogP contribution in [0.5, 0.6) is 0 Å². The molecule has 0 rings (SSSR count). The van der Waals surface area contributed by atoms with E-state index in [2.05, 4.69) is 55.4 Å². The molecule has 0 heteroatoms. The molecule has 0 saturated heterocycles. The van der Waals surface area contributed by atoms with Crippen molar-refractivity contribution in [3.63, 3.8) is 0 Å². The fourth-order valence-corrected chi connectivity index (χ4v) is 4.57. The van der Waals surface area contributed by atoms with E-state index in [1.807, 2.05) is 0 Å². The number of unbranched alkanes of at least 4 members (excludes halogenated alkanes) is 1. The highest BCUT2D eigenvalue weighted by Gasteiger charge is 2.41. The molecule has 19 heavy (non-hydrogen) atoms. The Morgan fingerprint density at radius 2 is 1.47 bits per heavy atom. The molecule has 0 aromatic carbocycles. The van der Waals surface area contributed by atoms with E-state index in [4.69, 9.17) is 0 Å². The van der Waals surface area contributed by atoms with Crippen LogP contribution in [0.2, 0.25) is 0 Å². The van der Waals surface area contributed by atoms with E-state index in [1.54, 1.807) is 0 Å². The third-order valence-corrected chi connectivity index (χ3v) is 5.83. The molecular formula is C19H40. The molecule has 0 fully saturated rings. The zero-order chi connectivity index (χ0) is 15.1. The number of hydrogen-bond acceptors (Lipinski definition) is 0. The summed E-state index contributed by atoms with van der Waals surface area (Å²) < 4.78 is 0. The van der Waals surface area contributed by atoms with Crippen molar-refractivity contribution in [1.29, 1.82) is 0 Å². The average molecular weight is 269 g/mol. The van der Waals surface area contributed by atoms with Gasteiger partial charge in [-0.05, 0) is 35.5 Å². The maximum Gasteiger partial charge on any atom is -0.0267 e. The van der Waals surface area contributed by atoms with Crippen LogP contribution >= 0.6 is 0 Å². The molecule has 0 heterocycles. The third kappa shape index (κ3) is 4.80. The normalized spacial score (nSPS) is 20.1. The molecule has 0 aromatic rings. The van der Waals surface area contributed by atoms with Gasteiger partial charge in [-0.3, -0.25) is 0 Å². The van der Waals surface area contributed by atoms with Gasteiger partial charge in [-0.25, -0.2) is 0 Å². The predicted molar refractivity (Wildman–Crippen MR) is 89.5 cm³/mol. The minimum Gasteiger partial charge on any atom is -0.0654 e. The van der Waals surface area contributed by atoms with Crippen molar-refractivity contribution in [3.8, 4) is 0 Å².